The first kappa shape index (κ1) is 24.5. The molecule has 1 aromatic heterocycles. The van der Waals surface area contributed by atoms with Crippen molar-refractivity contribution in [3.63, 3.8) is 0 Å². The SMILES string of the molecule is CN=C(NCCCc1nc(C(C)C)no1)N(C)CCOc1ccc(Cl)cc1.I. The maximum atomic E-state index is 5.87. The molecule has 0 fully saturated rings. The highest BCUT2D eigenvalue weighted by Gasteiger charge is 2.10. The number of likely N-dealkylation sites (N-methyl/N-ethyl adjacent to an activating group) is 1. The largest absolute Gasteiger partial charge is 0.492 e. The zero-order valence-electron chi connectivity index (χ0n) is 16.8. The average molecular weight is 522 g/mol. The number of rotatable bonds is 9. The summed E-state index contributed by atoms with van der Waals surface area (Å²) < 4.78 is 11.0. The summed E-state index contributed by atoms with van der Waals surface area (Å²) >= 11 is 5.87. The van der Waals surface area contributed by atoms with Crippen molar-refractivity contribution in [2.75, 3.05) is 33.8 Å². The molecule has 0 bridgehead atoms. The summed E-state index contributed by atoms with van der Waals surface area (Å²) in [4.78, 5) is 10.7. The third-order valence-corrected chi connectivity index (χ3v) is 4.19. The highest BCUT2D eigenvalue weighted by Crippen LogP contribution is 2.15. The molecular weight excluding hydrogens is 493 g/mol. The van der Waals surface area contributed by atoms with Gasteiger partial charge in [0.1, 0.15) is 12.4 Å². The monoisotopic (exact) mass is 521 g/mol. The molecule has 0 amide bonds. The Morgan fingerprint density at radius 2 is 2.04 bits per heavy atom. The van der Waals surface area contributed by atoms with E-state index >= 15 is 0 Å². The smallest absolute Gasteiger partial charge is 0.226 e. The van der Waals surface area contributed by atoms with Gasteiger partial charge in [-0.1, -0.05) is 30.6 Å². The second-order valence-corrected chi connectivity index (χ2v) is 6.94. The number of aliphatic imine (C=N–C) groups is 1. The highest BCUT2D eigenvalue weighted by molar-refractivity contribution is 14.0. The van der Waals surface area contributed by atoms with Gasteiger partial charge in [0.25, 0.3) is 0 Å². The van der Waals surface area contributed by atoms with Crippen LogP contribution in [0.5, 0.6) is 5.75 Å². The van der Waals surface area contributed by atoms with Crippen molar-refractivity contribution in [1.82, 2.24) is 20.4 Å². The predicted octanol–water partition coefficient (Wildman–Crippen LogP) is 3.98. The second kappa shape index (κ2) is 12.8. The van der Waals surface area contributed by atoms with E-state index in [1.807, 2.05) is 50.1 Å². The van der Waals surface area contributed by atoms with Crippen LogP contribution in [0.1, 0.15) is 37.9 Å². The number of ether oxygens (including phenoxy) is 1. The van der Waals surface area contributed by atoms with Gasteiger partial charge in [0.2, 0.25) is 5.89 Å². The van der Waals surface area contributed by atoms with E-state index in [1.54, 1.807) is 7.05 Å². The van der Waals surface area contributed by atoms with E-state index in [1.165, 1.54) is 0 Å². The van der Waals surface area contributed by atoms with Crippen molar-refractivity contribution in [3.05, 3.63) is 41.0 Å². The highest BCUT2D eigenvalue weighted by atomic mass is 127. The summed E-state index contributed by atoms with van der Waals surface area (Å²) in [7, 11) is 3.75. The van der Waals surface area contributed by atoms with Crippen molar-refractivity contribution < 1.29 is 9.26 Å². The Hall–Kier alpha value is -1.55. The molecule has 0 saturated heterocycles. The number of hydrogen-bond donors (Lipinski definition) is 1. The van der Waals surface area contributed by atoms with Crippen LogP contribution >= 0.6 is 35.6 Å². The molecule has 9 heteroatoms. The first-order chi connectivity index (χ1) is 13.0. The first-order valence-corrected chi connectivity index (χ1v) is 9.50. The second-order valence-electron chi connectivity index (χ2n) is 6.50. The van der Waals surface area contributed by atoms with Crippen LogP contribution in [0.3, 0.4) is 0 Å². The van der Waals surface area contributed by atoms with Crippen LogP contribution in [0, 0.1) is 0 Å². The van der Waals surface area contributed by atoms with Gasteiger partial charge < -0.3 is 19.5 Å². The lowest BCUT2D eigenvalue weighted by Gasteiger charge is -2.22. The predicted molar refractivity (Wildman–Crippen MR) is 123 cm³/mol. The average Bonchev–Trinajstić information content (AvgIpc) is 3.12. The van der Waals surface area contributed by atoms with Crippen molar-refractivity contribution in [3.8, 4) is 5.75 Å². The number of guanidine groups is 1. The van der Waals surface area contributed by atoms with Gasteiger partial charge in [0.15, 0.2) is 11.8 Å². The maximum absolute atomic E-state index is 5.87. The van der Waals surface area contributed by atoms with Gasteiger partial charge in [0.05, 0.1) is 6.54 Å². The van der Waals surface area contributed by atoms with Crippen LogP contribution in [-0.4, -0.2) is 54.8 Å². The van der Waals surface area contributed by atoms with E-state index in [2.05, 4.69) is 20.4 Å². The Bertz CT molecular complexity index is 721. The Kier molecular flexibility index (Phi) is 11.2. The summed E-state index contributed by atoms with van der Waals surface area (Å²) in [6.07, 6.45) is 1.63. The van der Waals surface area contributed by atoms with Gasteiger partial charge in [0, 0.05) is 38.0 Å². The number of aryl methyl sites for hydroxylation is 1. The van der Waals surface area contributed by atoms with Gasteiger partial charge in [-0.05, 0) is 30.7 Å². The van der Waals surface area contributed by atoms with Gasteiger partial charge in [-0.3, -0.25) is 4.99 Å². The van der Waals surface area contributed by atoms with E-state index < -0.39 is 0 Å². The van der Waals surface area contributed by atoms with Crippen molar-refractivity contribution in [2.24, 2.45) is 4.99 Å². The van der Waals surface area contributed by atoms with E-state index in [9.17, 15) is 0 Å². The number of benzene rings is 1. The molecular formula is C19H29ClIN5O2. The summed E-state index contributed by atoms with van der Waals surface area (Å²) in [5, 5.41) is 8.02. The Balaban J connectivity index is 0.00000392. The molecule has 28 heavy (non-hydrogen) atoms. The summed E-state index contributed by atoms with van der Waals surface area (Å²) in [6, 6.07) is 7.35. The summed E-state index contributed by atoms with van der Waals surface area (Å²) in [5.41, 5.74) is 0. The lowest BCUT2D eigenvalue weighted by Crippen LogP contribution is -2.41. The minimum atomic E-state index is 0. The minimum absolute atomic E-state index is 0. The standard InChI is InChI=1S/C19H28ClN5O2.HI/c1-14(2)18-23-17(27-24-18)6-5-11-22-19(21-3)25(4)12-13-26-16-9-7-15(20)8-10-16;/h7-10,14H,5-6,11-13H2,1-4H3,(H,21,22);1H. The molecule has 0 atom stereocenters. The third-order valence-electron chi connectivity index (χ3n) is 3.93. The van der Waals surface area contributed by atoms with Crippen LogP contribution in [0.25, 0.3) is 0 Å². The van der Waals surface area contributed by atoms with Crippen LogP contribution < -0.4 is 10.1 Å². The van der Waals surface area contributed by atoms with Crippen molar-refractivity contribution in [1.29, 1.82) is 0 Å². The molecule has 1 heterocycles. The Morgan fingerprint density at radius 3 is 2.64 bits per heavy atom. The molecule has 0 aliphatic heterocycles. The molecule has 2 rings (SSSR count). The molecule has 0 aliphatic carbocycles. The molecule has 0 radical (unpaired) electrons. The molecule has 2 aromatic rings. The maximum Gasteiger partial charge on any atom is 0.226 e. The normalized spacial score (nSPS) is 11.3. The molecule has 0 aliphatic rings. The molecule has 0 saturated carbocycles. The lowest BCUT2D eigenvalue weighted by molar-refractivity contribution is 0.281. The van der Waals surface area contributed by atoms with E-state index in [-0.39, 0.29) is 29.9 Å². The summed E-state index contributed by atoms with van der Waals surface area (Å²) in [6.45, 7) is 6.14. The molecule has 156 valence electrons. The number of nitrogens with one attached hydrogen (secondary N) is 1. The van der Waals surface area contributed by atoms with Gasteiger partial charge >= 0.3 is 0 Å². The zero-order valence-corrected chi connectivity index (χ0v) is 19.9. The zero-order chi connectivity index (χ0) is 19.6. The number of halogens is 2. The Morgan fingerprint density at radius 1 is 1.32 bits per heavy atom. The van der Waals surface area contributed by atoms with Gasteiger partial charge in [-0.2, -0.15) is 4.98 Å². The number of hydrogen-bond acceptors (Lipinski definition) is 5. The van der Waals surface area contributed by atoms with Gasteiger partial charge in [-0.25, -0.2) is 0 Å². The fraction of sp³-hybridized carbons (Fsp3) is 0.526. The first-order valence-electron chi connectivity index (χ1n) is 9.12. The summed E-state index contributed by atoms with van der Waals surface area (Å²) in [5.74, 6) is 3.34. The molecule has 7 nitrogen and oxygen atoms in total. The molecule has 0 unspecified atom stereocenters. The van der Waals surface area contributed by atoms with Crippen molar-refractivity contribution in [2.45, 2.75) is 32.6 Å². The van der Waals surface area contributed by atoms with Crippen molar-refractivity contribution >= 4 is 41.5 Å². The lowest BCUT2D eigenvalue weighted by atomic mass is 10.2. The van der Waals surface area contributed by atoms with Crippen LogP contribution in [0.2, 0.25) is 5.02 Å². The van der Waals surface area contributed by atoms with E-state index in [4.69, 9.17) is 20.9 Å². The topological polar surface area (TPSA) is 75.8 Å². The minimum Gasteiger partial charge on any atom is -0.492 e. The fourth-order valence-electron chi connectivity index (χ4n) is 2.37. The van der Waals surface area contributed by atoms with Gasteiger partial charge in [-0.15, -0.1) is 24.0 Å². The van der Waals surface area contributed by atoms with E-state index in [0.717, 1.165) is 36.9 Å². The van der Waals surface area contributed by atoms with Crippen LogP contribution in [0.15, 0.2) is 33.8 Å². The number of aromatic nitrogens is 2. The molecule has 1 N–H and O–H groups in total. The van der Waals surface area contributed by atoms with Crippen LogP contribution in [0.4, 0.5) is 0 Å². The number of nitrogens with zero attached hydrogens (tertiary/aromatic N) is 4. The molecule has 0 spiro atoms. The van der Waals surface area contributed by atoms with Crippen LogP contribution in [-0.2, 0) is 6.42 Å². The fourth-order valence-corrected chi connectivity index (χ4v) is 2.49. The molecule has 1 aromatic carbocycles. The quantitative estimate of drug-likeness (QED) is 0.233. The van der Waals surface area contributed by atoms with E-state index in [0.29, 0.717) is 24.1 Å². The third kappa shape index (κ3) is 8.22. The Labute approximate surface area is 188 Å².